The number of halogens is 1. The maximum absolute atomic E-state index is 13.6. The smallest absolute Gasteiger partial charge is 0.231 e. The number of hydrogen-bond acceptors (Lipinski definition) is 9. The Bertz CT molecular complexity index is 1340. The molecule has 242 valence electrons. The third-order valence-corrected chi connectivity index (χ3v) is 11.9. The lowest BCUT2D eigenvalue weighted by Crippen LogP contribution is -2.66. The Morgan fingerprint density at radius 1 is 0.886 bits per heavy atom. The molecule has 1 N–H and O–H groups in total. The van der Waals surface area contributed by atoms with Crippen molar-refractivity contribution in [1.29, 1.82) is 0 Å². The molecule has 2 heterocycles. The molecule has 0 saturated carbocycles. The van der Waals surface area contributed by atoms with Crippen LogP contribution in [0.1, 0.15) is 21.6 Å². The van der Waals surface area contributed by atoms with Crippen LogP contribution >= 0.6 is 11.3 Å². The first-order valence-corrected chi connectivity index (χ1v) is 23.9. The number of thiophene rings is 1. The van der Waals surface area contributed by atoms with Crippen molar-refractivity contribution in [2.24, 2.45) is 0 Å². The van der Waals surface area contributed by atoms with E-state index in [1.807, 2.05) is 43.8 Å². The second-order valence-electron chi connectivity index (χ2n) is 10.5. The highest BCUT2D eigenvalue weighted by molar-refractivity contribution is 7.15. The lowest BCUT2D eigenvalue weighted by molar-refractivity contribution is -0.346. The van der Waals surface area contributed by atoms with Gasteiger partial charge < -0.3 is 37.0 Å². The molecular weight excluding hydrogens is 652 g/mol. The largest absolute Gasteiger partial charge is 0.422 e. The number of aryl methyl sites for hydroxylation is 1. The summed E-state index contributed by atoms with van der Waals surface area (Å²) in [6.45, 7) is 10.5. The summed E-state index contributed by atoms with van der Waals surface area (Å²) in [6, 6.07) is 16.0. The maximum Gasteiger partial charge on any atom is 0.231 e. The SMILES string of the molecule is COC(OC)(c1ccc(-c2ccc(F)cc2)s1)c1cc([C@]2(O)O[C@@H](CO[SiH2]C)[C@H](O[SiH2]C)[C@@H](O[SiH2]C)[C@@H]2O[SiH2]C)ccc1C. The van der Waals surface area contributed by atoms with Gasteiger partial charge in [-0.25, -0.2) is 4.39 Å². The van der Waals surface area contributed by atoms with Crippen LogP contribution in [0.3, 0.4) is 0 Å². The van der Waals surface area contributed by atoms with E-state index in [-0.39, 0.29) is 11.9 Å². The van der Waals surface area contributed by atoms with E-state index in [1.165, 1.54) is 23.5 Å². The van der Waals surface area contributed by atoms with Crippen LogP contribution in [0.4, 0.5) is 4.39 Å². The molecule has 1 aromatic heterocycles. The molecule has 0 unspecified atom stereocenters. The van der Waals surface area contributed by atoms with Crippen LogP contribution < -0.4 is 0 Å². The van der Waals surface area contributed by atoms with E-state index >= 15 is 0 Å². The van der Waals surface area contributed by atoms with Gasteiger partial charge in [0.1, 0.15) is 30.2 Å². The second kappa shape index (κ2) is 15.9. The number of benzene rings is 2. The zero-order valence-electron chi connectivity index (χ0n) is 26.6. The molecule has 0 spiro atoms. The standard InChI is InChI=1S/C30H45FO8SSi4/c1-18-8-11-20(29(32)28(39-44-7)27(38-43-6)26(37-42-5)23(36-29)17-35-41-4)16-22(18)30(33-2,34-3)25-15-14-24(40-25)19-9-12-21(31)13-10-19/h8-16,23,26-28,32H,17,41-44H2,1-7H3/t23-,26-,27+,28-,29-/m0/s1. The number of methoxy groups -OCH3 is 2. The van der Waals surface area contributed by atoms with Gasteiger partial charge in [0.2, 0.25) is 11.6 Å². The van der Waals surface area contributed by atoms with Crippen LogP contribution in [0.2, 0.25) is 26.2 Å². The molecule has 0 amide bonds. The molecule has 4 rings (SSSR count). The highest BCUT2D eigenvalue weighted by Gasteiger charge is 2.56. The average Bonchev–Trinajstić information content (AvgIpc) is 3.52. The first kappa shape index (κ1) is 35.5. The van der Waals surface area contributed by atoms with Gasteiger partial charge in [-0.3, -0.25) is 0 Å². The van der Waals surface area contributed by atoms with Crippen molar-refractivity contribution in [3.8, 4) is 10.4 Å². The van der Waals surface area contributed by atoms with Gasteiger partial charge in [-0.1, -0.05) is 50.5 Å². The Balaban J connectivity index is 1.83. The van der Waals surface area contributed by atoms with Crippen molar-refractivity contribution in [2.45, 2.75) is 69.1 Å². The number of ether oxygens (including phenoxy) is 3. The minimum Gasteiger partial charge on any atom is -0.422 e. The van der Waals surface area contributed by atoms with Crippen molar-refractivity contribution < 1.29 is 41.4 Å². The third kappa shape index (κ3) is 7.12. The van der Waals surface area contributed by atoms with Crippen molar-refractivity contribution >= 4 is 50.4 Å². The van der Waals surface area contributed by atoms with Gasteiger partial charge in [0, 0.05) is 30.2 Å². The molecule has 0 radical (unpaired) electrons. The van der Waals surface area contributed by atoms with Gasteiger partial charge in [0.15, 0.2) is 39.1 Å². The minimum atomic E-state index is -1.83. The molecule has 8 nitrogen and oxygen atoms in total. The normalized spacial score (nSPS) is 25.2. The van der Waals surface area contributed by atoms with Gasteiger partial charge in [-0.15, -0.1) is 11.3 Å². The summed E-state index contributed by atoms with van der Waals surface area (Å²) in [7, 11) is -0.216. The van der Waals surface area contributed by atoms with Gasteiger partial charge in [0.25, 0.3) is 0 Å². The topological polar surface area (TPSA) is 84.8 Å². The molecule has 1 fully saturated rings. The third-order valence-electron chi connectivity index (χ3n) is 7.90. The Morgan fingerprint density at radius 3 is 2.16 bits per heavy atom. The Kier molecular flexibility index (Phi) is 12.9. The van der Waals surface area contributed by atoms with E-state index in [2.05, 4.69) is 19.6 Å². The number of rotatable bonds is 15. The summed E-state index contributed by atoms with van der Waals surface area (Å²) in [6.07, 6.45) is -2.19. The summed E-state index contributed by atoms with van der Waals surface area (Å²) >= 11 is 1.50. The fourth-order valence-electron chi connectivity index (χ4n) is 5.84. The number of hydrogen-bond donors (Lipinski definition) is 1. The van der Waals surface area contributed by atoms with E-state index in [0.717, 1.165) is 20.9 Å². The lowest BCUT2D eigenvalue weighted by atomic mass is 9.85. The van der Waals surface area contributed by atoms with Crippen molar-refractivity contribution in [3.63, 3.8) is 0 Å². The molecule has 2 aromatic carbocycles. The van der Waals surface area contributed by atoms with Crippen LogP contribution in [-0.4, -0.2) is 89.4 Å². The molecular formula is C30H45FO8SSi4. The van der Waals surface area contributed by atoms with Crippen LogP contribution in [-0.2, 0) is 43.5 Å². The highest BCUT2D eigenvalue weighted by Crippen LogP contribution is 2.45. The molecule has 44 heavy (non-hydrogen) atoms. The predicted octanol–water partition coefficient (Wildman–Crippen LogP) is 2.60. The van der Waals surface area contributed by atoms with Crippen LogP contribution in [0, 0.1) is 12.7 Å². The van der Waals surface area contributed by atoms with E-state index in [9.17, 15) is 9.50 Å². The first-order chi connectivity index (χ1) is 21.2. The summed E-state index contributed by atoms with van der Waals surface area (Å²) < 4.78 is 57.6. The van der Waals surface area contributed by atoms with E-state index in [1.54, 1.807) is 26.4 Å². The minimum absolute atomic E-state index is 0.286. The van der Waals surface area contributed by atoms with Crippen molar-refractivity contribution in [2.75, 3.05) is 20.8 Å². The molecule has 1 aliphatic heterocycles. The molecule has 1 aliphatic rings. The van der Waals surface area contributed by atoms with Crippen LogP contribution in [0.5, 0.6) is 0 Å². The van der Waals surface area contributed by atoms with E-state index in [4.69, 9.17) is 31.9 Å². The second-order valence-corrected chi connectivity index (χ2v) is 15.3. The highest BCUT2D eigenvalue weighted by atomic mass is 32.1. The Hall–Kier alpha value is -1.38. The van der Waals surface area contributed by atoms with Crippen LogP contribution in [0.15, 0.2) is 54.6 Å². The zero-order chi connectivity index (χ0) is 31.9. The van der Waals surface area contributed by atoms with Gasteiger partial charge >= 0.3 is 0 Å². The summed E-state index contributed by atoms with van der Waals surface area (Å²) in [5.74, 6) is -3.40. The summed E-state index contributed by atoms with van der Waals surface area (Å²) in [4.78, 5) is 1.74. The molecule has 0 bridgehead atoms. The zero-order valence-corrected chi connectivity index (χ0v) is 33.1. The monoisotopic (exact) mass is 696 g/mol. The average molecular weight is 697 g/mol. The van der Waals surface area contributed by atoms with E-state index < -0.39 is 68.9 Å². The molecule has 1 saturated heterocycles. The fraction of sp³-hybridized carbons (Fsp3) is 0.467. The van der Waals surface area contributed by atoms with Crippen molar-refractivity contribution in [1.82, 2.24) is 0 Å². The van der Waals surface area contributed by atoms with E-state index in [0.29, 0.717) is 17.7 Å². The molecule has 14 heteroatoms. The maximum atomic E-state index is 13.6. The molecule has 5 atom stereocenters. The molecule has 3 aromatic rings. The summed E-state index contributed by atoms with van der Waals surface area (Å²) in [5.41, 5.74) is 3.02. The first-order valence-electron chi connectivity index (χ1n) is 15.1. The number of aliphatic hydroxyl groups is 1. The van der Waals surface area contributed by atoms with Gasteiger partial charge in [-0.2, -0.15) is 0 Å². The Morgan fingerprint density at radius 2 is 1.55 bits per heavy atom. The quantitative estimate of drug-likeness (QED) is 0.192. The molecule has 0 aliphatic carbocycles. The Labute approximate surface area is 273 Å². The summed E-state index contributed by atoms with van der Waals surface area (Å²) in [5, 5.41) is 12.6. The fourth-order valence-corrected chi connectivity index (χ4v) is 9.80. The lowest BCUT2D eigenvalue weighted by Gasteiger charge is -2.51. The van der Waals surface area contributed by atoms with Gasteiger partial charge in [0.05, 0.1) is 11.5 Å². The van der Waals surface area contributed by atoms with Crippen LogP contribution in [0.25, 0.3) is 10.4 Å². The predicted molar refractivity (Wildman–Crippen MR) is 183 cm³/mol. The van der Waals surface area contributed by atoms with Crippen molar-refractivity contribution in [3.05, 3.63) is 82.0 Å². The van der Waals surface area contributed by atoms with Gasteiger partial charge in [-0.05, 0) is 48.4 Å².